The van der Waals surface area contributed by atoms with Gasteiger partial charge in [-0.15, -0.1) is 0 Å². The molecule has 8 heteroatoms. The van der Waals surface area contributed by atoms with Gasteiger partial charge in [-0.3, -0.25) is 4.79 Å². The molecule has 160 valence electrons. The quantitative estimate of drug-likeness (QED) is 0.652. The first-order valence-corrected chi connectivity index (χ1v) is 10.9. The van der Waals surface area contributed by atoms with Gasteiger partial charge in [0.15, 0.2) is 5.78 Å². The van der Waals surface area contributed by atoms with Crippen molar-refractivity contribution in [3.8, 4) is 0 Å². The van der Waals surface area contributed by atoms with Crippen molar-refractivity contribution < 1.29 is 22.0 Å². The molecule has 0 N–H and O–H groups in total. The van der Waals surface area contributed by atoms with E-state index in [0.29, 0.717) is 18.5 Å². The van der Waals surface area contributed by atoms with Gasteiger partial charge in [-0.1, -0.05) is 35.9 Å². The van der Waals surface area contributed by atoms with E-state index in [1.807, 2.05) is 19.1 Å². The van der Waals surface area contributed by atoms with Gasteiger partial charge in [0.25, 0.3) is 10.2 Å². The van der Waals surface area contributed by atoms with Crippen LogP contribution in [0.5, 0.6) is 0 Å². The maximum Gasteiger partial charge on any atom is 0.281 e. The molecule has 30 heavy (non-hydrogen) atoms. The van der Waals surface area contributed by atoms with Crippen LogP contribution < -0.4 is 0 Å². The lowest BCUT2D eigenvalue weighted by Gasteiger charge is -2.31. The Labute approximate surface area is 175 Å². The maximum absolute atomic E-state index is 13.8. The predicted molar refractivity (Wildman–Crippen MR) is 112 cm³/mol. The number of nitrogens with zero attached hydrogens (tertiary/aromatic N) is 2. The minimum Gasteiger partial charge on any atom is -0.294 e. The van der Waals surface area contributed by atoms with Crippen molar-refractivity contribution in [2.24, 2.45) is 0 Å². The molecule has 0 saturated carbocycles. The molecule has 0 unspecified atom stereocenters. The molecular formula is C22H24F2N2O3S. The molecule has 0 atom stereocenters. The highest BCUT2D eigenvalue weighted by Crippen LogP contribution is 2.29. The highest BCUT2D eigenvalue weighted by atomic mass is 32.2. The molecule has 1 aliphatic heterocycles. The Morgan fingerprint density at radius 3 is 2.23 bits per heavy atom. The Morgan fingerprint density at radius 1 is 1.07 bits per heavy atom. The van der Waals surface area contributed by atoms with Gasteiger partial charge in [-0.25, -0.2) is 8.78 Å². The lowest BCUT2D eigenvalue weighted by molar-refractivity contribution is 0.0985. The summed E-state index contributed by atoms with van der Waals surface area (Å²) in [5.41, 5.74) is 2.98. The van der Waals surface area contributed by atoms with Gasteiger partial charge in [0.05, 0.1) is 5.56 Å². The lowest BCUT2D eigenvalue weighted by Crippen LogP contribution is -2.43. The second-order valence-electron chi connectivity index (χ2n) is 7.53. The summed E-state index contributed by atoms with van der Waals surface area (Å²) in [6.45, 7) is 2.68. The monoisotopic (exact) mass is 434 g/mol. The van der Waals surface area contributed by atoms with E-state index in [-0.39, 0.29) is 13.0 Å². The van der Waals surface area contributed by atoms with Crippen LogP contribution in [0.4, 0.5) is 8.78 Å². The molecule has 2 aromatic carbocycles. The Morgan fingerprint density at radius 2 is 1.67 bits per heavy atom. The number of ketones is 1. The topological polar surface area (TPSA) is 57.7 Å². The first-order chi connectivity index (χ1) is 14.1. The third-order valence-corrected chi connectivity index (χ3v) is 7.17. The number of carbonyl (C=O) groups excluding carboxylic acids is 1. The Balaban J connectivity index is 1.79. The first-order valence-electron chi connectivity index (χ1n) is 9.54. The van der Waals surface area contributed by atoms with Crippen molar-refractivity contribution in [2.45, 2.75) is 19.8 Å². The molecular weight excluding hydrogens is 410 g/mol. The summed E-state index contributed by atoms with van der Waals surface area (Å²) in [7, 11) is -0.502. The van der Waals surface area contributed by atoms with Crippen LogP contribution in [0.3, 0.4) is 0 Å². The van der Waals surface area contributed by atoms with Crippen molar-refractivity contribution in [1.82, 2.24) is 8.61 Å². The molecule has 3 rings (SSSR count). The van der Waals surface area contributed by atoms with E-state index in [0.717, 1.165) is 28.8 Å². The highest BCUT2D eigenvalue weighted by Gasteiger charge is 2.29. The van der Waals surface area contributed by atoms with E-state index in [4.69, 9.17) is 0 Å². The molecule has 0 saturated heterocycles. The van der Waals surface area contributed by atoms with E-state index in [1.165, 1.54) is 28.8 Å². The third kappa shape index (κ3) is 4.50. The van der Waals surface area contributed by atoms with E-state index < -0.39 is 33.2 Å². The van der Waals surface area contributed by atoms with Crippen molar-refractivity contribution in [2.75, 3.05) is 27.2 Å². The zero-order valence-electron chi connectivity index (χ0n) is 17.2. The van der Waals surface area contributed by atoms with Crippen LogP contribution in [0.1, 0.15) is 34.8 Å². The standard InChI is InChI=1S/C22H24F2N2O3S/c1-15-11-12-26(30(28,29)25(2)3)14-18(15)17-9-7-16(8-10-17)13-21(27)22-19(23)5-4-6-20(22)24/h4-10H,11-14H2,1-3H3. The van der Waals surface area contributed by atoms with Gasteiger partial charge in [0, 0.05) is 33.6 Å². The number of rotatable bonds is 6. The van der Waals surface area contributed by atoms with Gasteiger partial charge < -0.3 is 0 Å². The molecule has 0 spiro atoms. The number of hydrogen-bond acceptors (Lipinski definition) is 3. The van der Waals surface area contributed by atoms with Crippen molar-refractivity contribution >= 4 is 21.6 Å². The molecule has 0 aromatic heterocycles. The molecule has 2 aromatic rings. The normalized spacial score (nSPS) is 15.7. The average Bonchev–Trinajstić information content (AvgIpc) is 2.68. The fourth-order valence-electron chi connectivity index (χ4n) is 3.46. The SMILES string of the molecule is CC1=C(c2ccc(CC(=O)c3c(F)cccc3F)cc2)CN(S(=O)(=O)N(C)C)CC1. The summed E-state index contributed by atoms with van der Waals surface area (Å²) in [6.07, 6.45) is 0.506. The molecule has 1 heterocycles. The van der Waals surface area contributed by atoms with Crippen LogP contribution in [0, 0.1) is 11.6 Å². The lowest BCUT2D eigenvalue weighted by atomic mass is 9.94. The van der Waals surface area contributed by atoms with Crippen LogP contribution in [0.2, 0.25) is 0 Å². The summed E-state index contributed by atoms with van der Waals surface area (Å²) in [5.74, 6) is -2.38. The molecule has 0 aliphatic carbocycles. The summed E-state index contributed by atoms with van der Waals surface area (Å²) in [4.78, 5) is 12.3. The van der Waals surface area contributed by atoms with Crippen LogP contribution in [-0.4, -0.2) is 50.0 Å². The van der Waals surface area contributed by atoms with Crippen LogP contribution in [0.15, 0.2) is 48.0 Å². The number of benzene rings is 2. The van der Waals surface area contributed by atoms with Gasteiger partial charge >= 0.3 is 0 Å². The summed E-state index contributed by atoms with van der Waals surface area (Å²) in [6, 6.07) is 10.4. The van der Waals surface area contributed by atoms with E-state index in [9.17, 15) is 22.0 Å². The zero-order chi connectivity index (χ0) is 22.1. The maximum atomic E-state index is 13.8. The Bertz CT molecular complexity index is 1070. The number of carbonyl (C=O) groups is 1. The van der Waals surface area contributed by atoms with Gasteiger partial charge in [0.1, 0.15) is 11.6 Å². The minimum absolute atomic E-state index is 0.128. The minimum atomic E-state index is -3.51. The Hall–Kier alpha value is -2.42. The van der Waals surface area contributed by atoms with Crippen molar-refractivity contribution in [3.05, 3.63) is 76.4 Å². The average molecular weight is 435 g/mol. The third-order valence-electron chi connectivity index (χ3n) is 5.28. The second kappa shape index (κ2) is 8.75. The molecule has 1 aliphatic rings. The number of halogens is 2. The number of hydrogen-bond donors (Lipinski definition) is 0. The highest BCUT2D eigenvalue weighted by molar-refractivity contribution is 7.86. The molecule has 0 radical (unpaired) electrons. The van der Waals surface area contributed by atoms with Crippen molar-refractivity contribution in [3.63, 3.8) is 0 Å². The summed E-state index contributed by atoms with van der Waals surface area (Å²) < 4.78 is 55.2. The fourth-order valence-corrected chi connectivity index (χ4v) is 4.54. The van der Waals surface area contributed by atoms with Gasteiger partial charge in [-0.05, 0) is 42.2 Å². The summed E-state index contributed by atoms with van der Waals surface area (Å²) >= 11 is 0. The Kier molecular flexibility index (Phi) is 6.50. The molecule has 0 bridgehead atoms. The summed E-state index contributed by atoms with van der Waals surface area (Å²) in [5, 5.41) is 0. The van der Waals surface area contributed by atoms with E-state index in [1.54, 1.807) is 12.1 Å². The first kappa shape index (κ1) is 22.3. The largest absolute Gasteiger partial charge is 0.294 e. The van der Waals surface area contributed by atoms with Gasteiger partial charge in [0.2, 0.25) is 0 Å². The fraction of sp³-hybridized carbons (Fsp3) is 0.318. The van der Waals surface area contributed by atoms with Crippen molar-refractivity contribution in [1.29, 1.82) is 0 Å². The van der Waals surface area contributed by atoms with E-state index >= 15 is 0 Å². The van der Waals surface area contributed by atoms with Crippen LogP contribution >= 0.6 is 0 Å². The van der Waals surface area contributed by atoms with Gasteiger partial charge in [-0.2, -0.15) is 17.0 Å². The molecule has 5 nitrogen and oxygen atoms in total. The number of Topliss-reactive ketones (excluding diaryl/α,β-unsaturated/α-hetero) is 1. The smallest absolute Gasteiger partial charge is 0.281 e. The molecule has 0 amide bonds. The van der Waals surface area contributed by atoms with Crippen LogP contribution in [-0.2, 0) is 16.6 Å². The zero-order valence-corrected chi connectivity index (χ0v) is 18.0. The van der Waals surface area contributed by atoms with E-state index in [2.05, 4.69) is 0 Å². The predicted octanol–water partition coefficient (Wildman–Crippen LogP) is 3.68. The van der Waals surface area contributed by atoms with Crippen LogP contribution in [0.25, 0.3) is 5.57 Å². The molecule has 0 fully saturated rings. The second-order valence-corrected chi connectivity index (χ2v) is 9.67.